The van der Waals surface area contributed by atoms with Crippen molar-refractivity contribution in [3.63, 3.8) is 0 Å². The zero-order valence-corrected chi connectivity index (χ0v) is 15.7. The Labute approximate surface area is 162 Å². The molecule has 0 unspecified atom stereocenters. The number of nitrogens with zero attached hydrogens (tertiary/aromatic N) is 1. The van der Waals surface area contributed by atoms with Crippen LogP contribution in [0.15, 0.2) is 65.3 Å². The van der Waals surface area contributed by atoms with E-state index in [-0.39, 0.29) is 12.6 Å². The number of ether oxygens (including phenoxy) is 2. The first-order valence-electron chi connectivity index (χ1n) is 8.19. The van der Waals surface area contributed by atoms with Gasteiger partial charge in [0.15, 0.2) is 11.5 Å². The molecule has 0 bridgehead atoms. The molecule has 0 saturated carbocycles. The van der Waals surface area contributed by atoms with Crippen molar-refractivity contribution in [2.24, 2.45) is 0 Å². The smallest absolute Gasteiger partial charge is 0.326 e. The number of methoxy groups -OCH3 is 2. The Morgan fingerprint density at radius 2 is 1.89 bits per heavy atom. The molecule has 1 N–H and O–H groups in total. The van der Waals surface area contributed by atoms with Crippen LogP contribution >= 0.6 is 11.6 Å². The molecule has 1 aromatic heterocycles. The van der Waals surface area contributed by atoms with Crippen molar-refractivity contribution in [2.45, 2.75) is 6.54 Å². The lowest BCUT2D eigenvalue weighted by Gasteiger charge is -2.23. The van der Waals surface area contributed by atoms with E-state index in [4.69, 9.17) is 25.5 Å². The molecule has 2 amide bonds. The molecular weight excluding hydrogens is 368 g/mol. The summed E-state index contributed by atoms with van der Waals surface area (Å²) in [7, 11) is 3.11. The lowest BCUT2D eigenvalue weighted by molar-refractivity contribution is 0.256. The number of furan rings is 1. The van der Waals surface area contributed by atoms with E-state index in [2.05, 4.69) is 5.32 Å². The Balaban J connectivity index is 1.92. The summed E-state index contributed by atoms with van der Waals surface area (Å²) in [5.41, 5.74) is 1.22. The normalized spacial score (nSPS) is 10.3. The van der Waals surface area contributed by atoms with Crippen molar-refractivity contribution < 1.29 is 18.7 Å². The minimum atomic E-state index is -0.333. The van der Waals surface area contributed by atoms with Gasteiger partial charge >= 0.3 is 6.03 Å². The van der Waals surface area contributed by atoms with Crippen molar-refractivity contribution in [2.75, 3.05) is 24.4 Å². The lowest BCUT2D eigenvalue weighted by Crippen LogP contribution is -2.34. The second kappa shape index (κ2) is 8.51. The fourth-order valence-electron chi connectivity index (χ4n) is 2.59. The van der Waals surface area contributed by atoms with Crippen molar-refractivity contribution in [3.8, 4) is 11.5 Å². The lowest BCUT2D eigenvalue weighted by atomic mass is 10.2. The first-order chi connectivity index (χ1) is 13.1. The van der Waals surface area contributed by atoms with Gasteiger partial charge in [0.1, 0.15) is 5.76 Å². The summed E-state index contributed by atoms with van der Waals surface area (Å²) in [4.78, 5) is 14.5. The Bertz CT molecular complexity index is 912. The quantitative estimate of drug-likeness (QED) is 0.633. The molecule has 6 nitrogen and oxygen atoms in total. The number of carbonyl (C=O) groups is 1. The fourth-order valence-corrected chi connectivity index (χ4v) is 2.78. The summed E-state index contributed by atoms with van der Waals surface area (Å²) < 4.78 is 16.0. The van der Waals surface area contributed by atoms with Crippen LogP contribution in [0.2, 0.25) is 5.02 Å². The number of hydrogen-bond donors (Lipinski definition) is 1. The Kier molecular flexibility index (Phi) is 5.88. The summed E-state index contributed by atoms with van der Waals surface area (Å²) in [5.74, 6) is 1.75. The average molecular weight is 387 g/mol. The largest absolute Gasteiger partial charge is 0.493 e. The molecule has 3 rings (SSSR count). The fraction of sp³-hybridized carbons (Fsp3) is 0.150. The van der Waals surface area contributed by atoms with Crippen LogP contribution in [-0.4, -0.2) is 20.3 Å². The second-order valence-electron chi connectivity index (χ2n) is 5.65. The van der Waals surface area contributed by atoms with Gasteiger partial charge in [0.05, 0.1) is 27.0 Å². The zero-order valence-electron chi connectivity index (χ0n) is 14.9. The minimum absolute atomic E-state index is 0.245. The monoisotopic (exact) mass is 386 g/mol. The van der Waals surface area contributed by atoms with Gasteiger partial charge in [-0.2, -0.15) is 0 Å². The Hall–Kier alpha value is -3.12. The van der Waals surface area contributed by atoms with E-state index in [1.807, 2.05) is 0 Å². The third-order valence-corrected chi connectivity index (χ3v) is 4.13. The zero-order chi connectivity index (χ0) is 19.2. The maximum atomic E-state index is 13.0. The van der Waals surface area contributed by atoms with Crippen molar-refractivity contribution in [3.05, 3.63) is 71.6 Å². The summed E-state index contributed by atoms with van der Waals surface area (Å²) in [5, 5.41) is 3.39. The molecule has 27 heavy (non-hydrogen) atoms. The van der Waals surface area contributed by atoms with E-state index in [0.29, 0.717) is 33.7 Å². The van der Waals surface area contributed by atoms with Crippen molar-refractivity contribution in [1.29, 1.82) is 0 Å². The SMILES string of the molecule is COc1ccc(N(Cc2ccco2)C(=O)Nc2cccc(Cl)c2)cc1OC. The summed E-state index contributed by atoms with van der Waals surface area (Å²) in [6, 6.07) is 15.5. The van der Waals surface area contributed by atoms with Gasteiger partial charge in [-0.1, -0.05) is 17.7 Å². The highest BCUT2D eigenvalue weighted by molar-refractivity contribution is 6.30. The van der Waals surface area contributed by atoms with Crippen LogP contribution in [0.3, 0.4) is 0 Å². The molecule has 0 spiro atoms. The van der Waals surface area contributed by atoms with Crippen LogP contribution in [0.1, 0.15) is 5.76 Å². The molecule has 0 atom stereocenters. The van der Waals surface area contributed by atoms with Gasteiger partial charge in [-0.25, -0.2) is 4.79 Å². The highest BCUT2D eigenvalue weighted by atomic mass is 35.5. The van der Waals surface area contributed by atoms with Gasteiger partial charge in [-0.15, -0.1) is 0 Å². The predicted molar refractivity (Wildman–Crippen MR) is 105 cm³/mol. The molecule has 1 heterocycles. The number of carbonyl (C=O) groups excluding carboxylic acids is 1. The van der Waals surface area contributed by atoms with E-state index in [1.54, 1.807) is 80.0 Å². The molecular formula is C20H19ClN2O4. The van der Waals surface area contributed by atoms with Gasteiger partial charge in [0.25, 0.3) is 0 Å². The van der Waals surface area contributed by atoms with E-state index in [0.717, 1.165) is 0 Å². The van der Waals surface area contributed by atoms with E-state index in [1.165, 1.54) is 0 Å². The van der Waals surface area contributed by atoms with Crippen LogP contribution in [0.5, 0.6) is 11.5 Å². The molecule has 7 heteroatoms. The molecule has 0 radical (unpaired) electrons. The minimum Gasteiger partial charge on any atom is -0.493 e. The van der Waals surface area contributed by atoms with E-state index in [9.17, 15) is 4.79 Å². The molecule has 0 aliphatic heterocycles. The maximum absolute atomic E-state index is 13.0. The molecule has 0 fully saturated rings. The summed E-state index contributed by atoms with van der Waals surface area (Å²) >= 11 is 6.00. The van der Waals surface area contributed by atoms with Gasteiger partial charge in [-0.05, 0) is 42.5 Å². The number of benzene rings is 2. The highest BCUT2D eigenvalue weighted by Crippen LogP contribution is 2.32. The van der Waals surface area contributed by atoms with E-state index < -0.39 is 0 Å². The molecule has 140 valence electrons. The number of halogens is 1. The summed E-state index contributed by atoms with van der Waals surface area (Å²) in [6.45, 7) is 0.245. The van der Waals surface area contributed by atoms with Crippen LogP contribution in [0.25, 0.3) is 0 Å². The van der Waals surface area contributed by atoms with E-state index >= 15 is 0 Å². The van der Waals surface area contributed by atoms with Gasteiger partial charge in [-0.3, -0.25) is 4.90 Å². The number of amides is 2. The average Bonchev–Trinajstić information content (AvgIpc) is 3.18. The first-order valence-corrected chi connectivity index (χ1v) is 8.57. The number of anilines is 2. The molecule has 0 aliphatic rings. The first kappa shape index (κ1) is 18.7. The number of rotatable bonds is 6. The third kappa shape index (κ3) is 4.54. The van der Waals surface area contributed by atoms with Crippen LogP contribution in [-0.2, 0) is 6.54 Å². The molecule has 0 saturated heterocycles. The van der Waals surface area contributed by atoms with Crippen LogP contribution in [0.4, 0.5) is 16.2 Å². The maximum Gasteiger partial charge on any atom is 0.326 e. The predicted octanol–water partition coefficient (Wildman–Crippen LogP) is 5.19. The molecule has 0 aliphatic carbocycles. The highest BCUT2D eigenvalue weighted by Gasteiger charge is 2.20. The Morgan fingerprint density at radius 1 is 1.07 bits per heavy atom. The standard InChI is InChI=1S/C20H19ClN2O4/c1-25-18-9-8-16(12-19(18)26-2)23(13-17-7-4-10-27-17)20(24)22-15-6-3-5-14(21)11-15/h3-12H,13H2,1-2H3,(H,22,24). The van der Waals surface area contributed by atoms with Crippen LogP contribution < -0.4 is 19.7 Å². The Morgan fingerprint density at radius 3 is 2.56 bits per heavy atom. The topological polar surface area (TPSA) is 63.9 Å². The third-order valence-electron chi connectivity index (χ3n) is 3.89. The number of hydrogen-bond acceptors (Lipinski definition) is 4. The van der Waals surface area contributed by atoms with Gasteiger partial charge < -0.3 is 19.2 Å². The molecule has 3 aromatic rings. The van der Waals surface area contributed by atoms with Gasteiger partial charge in [0.2, 0.25) is 0 Å². The second-order valence-corrected chi connectivity index (χ2v) is 6.08. The van der Waals surface area contributed by atoms with Crippen LogP contribution in [0, 0.1) is 0 Å². The number of urea groups is 1. The van der Waals surface area contributed by atoms with Gasteiger partial charge in [0, 0.05) is 22.5 Å². The number of nitrogens with one attached hydrogen (secondary N) is 1. The molecule has 2 aromatic carbocycles. The summed E-state index contributed by atoms with van der Waals surface area (Å²) in [6.07, 6.45) is 1.57. The van der Waals surface area contributed by atoms with Crippen molar-refractivity contribution in [1.82, 2.24) is 0 Å². The van der Waals surface area contributed by atoms with Crippen molar-refractivity contribution >= 4 is 29.0 Å².